The fraction of sp³-hybridized carbons (Fsp3) is 0.241. The maximum atomic E-state index is 15.2. The van der Waals surface area contributed by atoms with E-state index in [4.69, 9.17) is 0 Å². The molecule has 0 atom stereocenters. The number of benzene rings is 4. The van der Waals surface area contributed by atoms with Crippen molar-refractivity contribution < 1.29 is 30.7 Å². The van der Waals surface area contributed by atoms with Crippen LogP contribution in [0.3, 0.4) is 0 Å². The molecule has 0 unspecified atom stereocenters. The summed E-state index contributed by atoms with van der Waals surface area (Å²) in [6.07, 6.45) is -2.39. The Morgan fingerprint density at radius 3 is 2.00 bits per heavy atom. The topological polar surface area (TPSA) is 0 Å². The van der Waals surface area contributed by atoms with E-state index in [0.717, 1.165) is 24.8 Å². The van der Waals surface area contributed by atoms with Crippen molar-refractivity contribution in [2.45, 2.75) is 45.2 Å². The minimum absolute atomic E-state index is 0.00861. The third-order valence-corrected chi connectivity index (χ3v) is 6.27. The molecule has 36 heavy (non-hydrogen) atoms. The predicted molar refractivity (Wildman–Crippen MR) is 127 cm³/mol. The summed E-state index contributed by atoms with van der Waals surface area (Å²) < 4.78 is 95.9. The lowest BCUT2D eigenvalue weighted by Gasteiger charge is -2.12. The van der Waals surface area contributed by atoms with Crippen LogP contribution >= 0.6 is 0 Å². The average molecular weight is 504 g/mol. The Bertz CT molecular complexity index is 1380. The van der Waals surface area contributed by atoms with Crippen molar-refractivity contribution in [3.8, 4) is 11.1 Å². The van der Waals surface area contributed by atoms with Crippen LogP contribution in [0.4, 0.5) is 30.7 Å². The Hall–Kier alpha value is -3.35. The zero-order valence-electron chi connectivity index (χ0n) is 19.5. The van der Waals surface area contributed by atoms with Gasteiger partial charge < -0.3 is 0 Å². The lowest BCUT2D eigenvalue weighted by molar-refractivity contribution is -0.142. The molecule has 0 aliphatic heterocycles. The highest BCUT2D eigenvalue weighted by molar-refractivity contribution is 5.88. The van der Waals surface area contributed by atoms with Gasteiger partial charge in [0.2, 0.25) is 0 Å². The zero-order chi connectivity index (χ0) is 26.0. The minimum atomic E-state index is -5.14. The van der Waals surface area contributed by atoms with E-state index in [9.17, 15) is 26.3 Å². The number of rotatable bonds is 7. The third kappa shape index (κ3) is 5.40. The first-order chi connectivity index (χ1) is 17.1. The number of alkyl halides is 3. The molecule has 0 bridgehead atoms. The molecule has 4 rings (SSSR count). The number of unbranched alkanes of at least 4 members (excludes halogenated alkanes) is 1. The van der Waals surface area contributed by atoms with Crippen LogP contribution < -0.4 is 0 Å². The fourth-order valence-electron chi connectivity index (χ4n) is 4.35. The quantitative estimate of drug-likeness (QED) is 0.220. The SMILES string of the molecule is CCCCc1ccc(-c2ccc3c(F)c(CCc4cc(F)c(C(F)(F)F)c(F)c4)ccc3c2)c(F)c1. The Balaban J connectivity index is 1.56. The van der Waals surface area contributed by atoms with E-state index in [-0.39, 0.29) is 29.8 Å². The third-order valence-electron chi connectivity index (χ3n) is 6.27. The molecule has 0 saturated heterocycles. The van der Waals surface area contributed by atoms with E-state index in [0.29, 0.717) is 34.0 Å². The van der Waals surface area contributed by atoms with Gasteiger partial charge >= 0.3 is 6.18 Å². The fourth-order valence-corrected chi connectivity index (χ4v) is 4.35. The van der Waals surface area contributed by atoms with Gasteiger partial charge in [0.15, 0.2) is 0 Å². The maximum absolute atomic E-state index is 15.2. The normalized spacial score (nSPS) is 11.9. The summed E-state index contributed by atoms with van der Waals surface area (Å²) >= 11 is 0. The second-order valence-electron chi connectivity index (χ2n) is 8.82. The highest BCUT2D eigenvalue weighted by Crippen LogP contribution is 2.34. The minimum Gasteiger partial charge on any atom is -0.206 e. The maximum Gasteiger partial charge on any atom is 0.422 e. The molecule has 0 saturated carbocycles. The molecule has 0 radical (unpaired) electrons. The predicted octanol–water partition coefficient (Wildman–Crippen LogP) is 9.21. The van der Waals surface area contributed by atoms with E-state index in [1.165, 1.54) is 12.1 Å². The first-order valence-corrected chi connectivity index (χ1v) is 11.6. The largest absolute Gasteiger partial charge is 0.422 e. The van der Waals surface area contributed by atoms with E-state index in [2.05, 4.69) is 6.92 Å². The van der Waals surface area contributed by atoms with Crippen molar-refractivity contribution in [3.05, 3.63) is 106 Å². The van der Waals surface area contributed by atoms with Crippen LogP contribution in [0.5, 0.6) is 0 Å². The molecule has 0 aliphatic carbocycles. The zero-order valence-corrected chi connectivity index (χ0v) is 19.5. The monoisotopic (exact) mass is 504 g/mol. The number of halogens is 7. The van der Waals surface area contributed by atoms with Crippen molar-refractivity contribution >= 4 is 10.8 Å². The van der Waals surface area contributed by atoms with Crippen LogP contribution in [0.2, 0.25) is 0 Å². The molecule has 0 heterocycles. The van der Waals surface area contributed by atoms with E-state index >= 15 is 4.39 Å². The van der Waals surface area contributed by atoms with E-state index in [1.807, 2.05) is 6.07 Å². The van der Waals surface area contributed by atoms with Gasteiger partial charge in [-0.1, -0.05) is 49.7 Å². The summed E-state index contributed by atoms with van der Waals surface area (Å²) in [5.74, 6) is -4.29. The van der Waals surface area contributed by atoms with Gasteiger partial charge in [0.05, 0.1) is 0 Å². The molecule has 188 valence electrons. The molecule has 0 fully saturated rings. The average Bonchev–Trinajstić information content (AvgIpc) is 2.81. The molecule has 0 amide bonds. The number of hydrogen-bond acceptors (Lipinski definition) is 0. The van der Waals surface area contributed by atoms with E-state index < -0.39 is 29.2 Å². The van der Waals surface area contributed by atoms with Crippen LogP contribution in [-0.4, -0.2) is 0 Å². The first kappa shape index (κ1) is 25.7. The second-order valence-corrected chi connectivity index (χ2v) is 8.82. The molecule has 0 nitrogen and oxygen atoms in total. The highest BCUT2D eigenvalue weighted by Gasteiger charge is 2.37. The van der Waals surface area contributed by atoms with Crippen molar-refractivity contribution in [2.24, 2.45) is 0 Å². The first-order valence-electron chi connectivity index (χ1n) is 11.6. The molecule has 0 aliphatic rings. The molecule has 4 aromatic carbocycles. The van der Waals surface area contributed by atoms with Gasteiger partial charge in [0.25, 0.3) is 0 Å². The molecular formula is C29H23F7. The Labute approximate surface area is 204 Å². The molecular weight excluding hydrogens is 481 g/mol. The van der Waals surface area contributed by atoms with Crippen LogP contribution in [0.1, 0.15) is 42.0 Å². The van der Waals surface area contributed by atoms with E-state index in [1.54, 1.807) is 30.3 Å². The van der Waals surface area contributed by atoms with Gasteiger partial charge in [-0.3, -0.25) is 0 Å². The van der Waals surface area contributed by atoms with Crippen LogP contribution in [0.25, 0.3) is 21.9 Å². The Morgan fingerprint density at radius 2 is 1.36 bits per heavy atom. The van der Waals surface area contributed by atoms with Crippen molar-refractivity contribution in [1.29, 1.82) is 0 Å². The lowest BCUT2D eigenvalue weighted by atomic mass is 9.96. The van der Waals surface area contributed by atoms with Crippen LogP contribution in [0.15, 0.2) is 60.7 Å². The lowest BCUT2D eigenvalue weighted by Crippen LogP contribution is -2.12. The summed E-state index contributed by atoms with van der Waals surface area (Å²) in [5, 5.41) is 0.843. The smallest absolute Gasteiger partial charge is 0.206 e. The van der Waals surface area contributed by atoms with Gasteiger partial charge in [-0.25, -0.2) is 17.6 Å². The molecule has 0 aromatic heterocycles. The van der Waals surface area contributed by atoms with Gasteiger partial charge in [0, 0.05) is 10.9 Å². The van der Waals surface area contributed by atoms with Crippen LogP contribution in [-0.2, 0) is 25.4 Å². The highest BCUT2D eigenvalue weighted by atomic mass is 19.4. The number of aryl methyl sites for hydroxylation is 3. The summed E-state index contributed by atoms with van der Waals surface area (Å²) in [5.41, 5.74) is 0.236. The summed E-state index contributed by atoms with van der Waals surface area (Å²) in [6, 6.07) is 14.4. The summed E-state index contributed by atoms with van der Waals surface area (Å²) in [7, 11) is 0. The molecule has 4 aromatic rings. The van der Waals surface area contributed by atoms with Crippen molar-refractivity contribution in [1.82, 2.24) is 0 Å². The Kier molecular flexibility index (Phi) is 7.38. The summed E-state index contributed by atoms with van der Waals surface area (Å²) in [6.45, 7) is 2.07. The van der Waals surface area contributed by atoms with Gasteiger partial charge in [-0.15, -0.1) is 0 Å². The number of hydrogen-bond donors (Lipinski definition) is 0. The Morgan fingerprint density at radius 1 is 0.667 bits per heavy atom. The van der Waals surface area contributed by atoms with Crippen LogP contribution in [0, 0.1) is 23.3 Å². The molecule has 0 spiro atoms. The molecule has 0 N–H and O–H groups in total. The molecule has 7 heteroatoms. The van der Waals surface area contributed by atoms with Gasteiger partial charge in [0.1, 0.15) is 28.8 Å². The second kappa shape index (κ2) is 10.3. The number of fused-ring (bicyclic) bond motifs is 1. The van der Waals surface area contributed by atoms with Gasteiger partial charge in [-0.05, 0) is 77.6 Å². The van der Waals surface area contributed by atoms with Crippen molar-refractivity contribution in [2.75, 3.05) is 0 Å². The van der Waals surface area contributed by atoms with Crippen molar-refractivity contribution in [3.63, 3.8) is 0 Å². The van der Waals surface area contributed by atoms with Gasteiger partial charge in [-0.2, -0.15) is 13.2 Å². The standard InChI is InChI=1S/C29H23F7/c1-2-3-4-17-6-11-22(24(30)13-17)20-10-12-23-21(16-20)9-8-19(28(23)33)7-5-18-14-25(31)27(26(32)15-18)29(34,35)36/h6,8-16H,2-5,7H2,1H3. The summed E-state index contributed by atoms with van der Waals surface area (Å²) in [4.78, 5) is 0.